The van der Waals surface area contributed by atoms with Gasteiger partial charge in [0.1, 0.15) is 11.2 Å². The third-order valence-electron chi connectivity index (χ3n) is 4.10. The predicted octanol–water partition coefficient (Wildman–Crippen LogP) is 3.02. The van der Waals surface area contributed by atoms with Gasteiger partial charge in [-0.25, -0.2) is 9.78 Å². The van der Waals surface area contributed by atoms with Crippen LogP contribution in [0.1, 0.15) is 46.0 Å². The number of aromatic nitrogens is 3. The molecule has 3 heterocycles. The predicted molar refractivity (Wildman–Crippen MR) is 102 cm³/mol. The Hall–Kier alpha value is -2.74. The fraction of sp³-hybridized carbons (Fsp3) is 0.333. The second-order valence-electron chi connectivity index (χ2n) is 5.81. The lowest BCUT2D eigenvalue weighted by Crippen LogP contribution is -2.16. The number of carbonyl (C=O) groups is 1. The highest BCUT2D eigenvalue weighted by atomic mass is 32.1. The molecule has 0 spiro atoms. The van der Waals surface area contributed by atoms with Crippen molar-refractivity contribution >= 4 is 33.7 Å². The first-order valence-corrected chi connectivity index (χ1v) is 9.18. The lowest BCUT2D eigenvalue weighted by Gasteiger charge is -2.01. The zero-order valence-electron chi connectivity index (χ0n) is 15.1. The highest BCUT2D eigenvalue weighted by Gasteiger charge is 2.18. The molecule has 0 bridgehead atoms. The van der Waals surface area contributed by atoms with Gasteiger partial charge in [0.05, 0.1) is 29.5 Å². The standard InChI is InChI=1S/C18H20N4O3S/c1-5-12-7-13-16(26-12)19-9-22(17(13)23)20-8-14-10(3)15(11(4)21-14)18(24)25-6-2/h7-9,21H,5-6H2,1-4H3/b20-8+. The molecule has 3 aromatic rings. The number of carbonyl (C=O) groups excluding carboxylic acids is 1. The molecule has 3 rings (SSSR count). The van der Waals surface area contributed by atoms with Crippen LogP contribution in [0.3, 0.4) is 0 Å². The maximum Gasteiger partial charge on any atom is 0.340 e. The van der Waals surface area contributed by atoms with E-state index in [-0.39, 0.29) is 11.5 Å². The van der Waals surface area contributed by atoms with Crippen molar-refractivity contribution in [3.8, 4) is 0 Å². The molecule has 136 valence electrons. The van der Waals surface area contributed by atoms with E-state index in [1.807, 2.05) is 19.9 Å². The lowest BCUT2D eigenvalue weighted by molar-refractivity contribution is 0.0525. The van der Waals surface area contributed by atoms with Crippen molar-refractivity contribution in [3.05, 3.63) is 50.1 Å². The lowest BCUT2D eigenvalue weighted by atomic mass is 10.1. The van der Waals surface area contributed by atoms with Crippen LogP contribution in [0.25, 0.3) is 10.2 Å². The molecule has 3 aromatic heterocycles. The van der Waals surface area contributed by atoms with Gasteiger partial charge in [-0.3, -0.25) is 4.79 Å². The topological polar surface area (TPSA) is 89.3 Å². The van der Waals surface area contributed by atoms with Crippen molar-refractivity contribution in [2.75, 3.05) is 6.61 Å². The van der Waals surface area contributed by atoms with Crippen molar-refractivity contribution in [2.45, 2.75) is 34.1 Å². The number of rotatable bonds is 5. The number of esters is 1. The molecule has 0 aromatic carbocycles. The zero-order chi connectivity index (χ0) is 18.8. The fourth-order valence-electron chi connectivity index (χ4n) is 2.75. The van der Waals surface area contributed by atoms with Gasteiger partial charge in [0, 0.05) is 10.6 Å². The average molecular weight is 372 g/mol. The van der Waals surface area contributed by atoms with Crippen LogP contribution in [-0.4, -0.2) is 33.4 Å². The summed E-state index contributed by atoms with van der Waals surface area (Å²) in [4.78, 5) is 33.9. The molecule has 0 amide bonds. The second-order valence-corrected chi connectivity index (χ2v) is 6.92. The molecule has 0 unspecified atom stereocenters. The number of aromatic amines is 1. The second kappa shape index (κ2) is 7.25. The summed E-state index contributed by atoms with van der Waals surface area (Å²) < 4.78 is 6.28. The molecule has 8 heteroatoms. The summed E-state index contributed by atoms with van der Waals surface area (Å²) in [6.07, 6.45) is 3.79. The van der Waals surface area contributed by atoms with Crippen molar-refractivity contribution in [1.82, 2.24) is 14.6 Å². The van der Waals surface area contributed by atoms with E-state index in [2.05, 4.69) is 15.1 Å². The van der Waals surface area contributed by atoms with E-state index < -0.39 is 0 Å². The number of hydrogen-bond acceptors (Lipinski definition) is 6. The molecular weight excluding hydrogens is 352 g/mol. The fourth-order valence-corrected chi connectivity index (χ4v) is 3.68. The summed E-state index contributed by atoms with van der Waals surface area (Å²) in [5.41, 5.74) is 2.37. The van der Waals surface area contributed by atoms with E-state index in [4.69, 9.17) is 4.74 Å². The molecule has 0 fully saturated rings. The Balaban J connectivity index is 1.97. The van der Waals surface area contributed by atoms with Gasteiger partial charge in [-0.1, -0.05) is 6.92 Å². The first-order chi connectivity index (χ1) is 12.5. The van der Waals surface area contributed by atoms with Crippen LogP contribution in [0.15, 0.2) is 22.3 Å². The van der Waals surface area contributed by atoms with Gasteiger partial charge in [0.15, 0.2) is 0 Å². The van der Waals surface area contributed by atoms with Crippen molar-refractivity contribution in [1.29, 1.82) is 0 Å². The Bertz CT molecular complexity index is 1060. The quantitative estimate of drug-likeness (QED) is 0.551. The van der Waals surface area contributed by atoms with Crippen molar-refractivity contribution in [2.24, 2.45) is 5.10 Å². The van der Waals surface area contributed by atoms with Crippen LogP contribution in [0.5, 0.6) is 0 Å². The van der Waals surface area contributed by atoms with Gasteiger partial charge >= 0.3 is 5.97 Å². The van der Waals surface area contributed by atoms with Crippen LogP contribution in [-0.2, 0) is 11.2 Å². The van der Waals surface area contributed by atoms with E-state index in [0.717, 1.165) is 21.7 Å². The SMILES string of the molecule is CCOC(=O)c1c(C)[nH]c(/C=N/n2cnc3sc(CC)cc3c2=O)c1C. The molecule has 0 saturated carbocycles. The number of ether oxygens (including phenoxy) is 1. The molecule has 0 aliphatic rings. The minimum absolute atomic E-state index is 0.214. The number of H-pyrrole nitrogens is 1. The van der Waals surface area contributed by atoms with Gasteiger partial charge in [0.2, 0.25) is 0 Å². The van der Waals surface area contributed by atoms with Crippen LogP contribution in [0.4, 0.5) is 0 Å². The first-order valence-electron chi connectivity index (χ1n) is 8.36. The largest absolute Gasteiger partial charge is 0.462 e. The monoisotopic (exact) mass is 372 g/mol. The van der Waals surface area contributed by atoms with Crippen molar-refractivity contribution < 1.29 is 9.53 Å². The number of hydrogen-bond donors (Lipinski definition) is 1. The van der Waals surface area contributed by atoms with Gasteiger partial charge in [0.25, 0.3) is 5.56 Å². The molecule has 26 heavy (non-hydrogen) atoms. The number of nitrogens with zero attached hydrogens (tertiary/aromatic N) is 3. The van der Waals surface area contributed by atoms with Crippen LogP contribution < -0.4 is 5.56 Å². The van der Waals surface area contributed by atoms with Crippen molar-refractivity contribution in [3.63, 3.8) is 0 Å². The summed E-state index contributed by atoms with van der Waals surface area (Å²) in [5.74, 6) is -0.371. The summed E-state index contributed by atoms with van der Waals surface area (Å²) >= 11 is 1.52. The van der Waals surface area contributed by atoms with Gasteiger partial charge in [-0.05, 0) is 38.8 Å². The zero-order valence-corrected chi connectivity index (χ0v) is 15.9. The third-order valence-corrected chi connectivity index (χ3v) is 5.29. The van der Waals surface area contributed by atoms with Gasteiger partial charge in [-0.15, -0.1) is 11.3 Å². The smallest absolute Gasteiger partial charge is 0.340 e. The normalized spacial score (nSPS) is 11.5. The minimum Gasteiger partial charge on any atom is -0.462 e. The molecule has 0 radical (unpaired) electrons. The highest BCUT2D eigenvalue weighted by Crippen LogP contribution is 2.21. The Morgan fingerprint density at radius 1 is 1.42 bits per heavy atom. The van der Waals surface area contributed by atoms with E-state index in [1.54, 1.807) is 13.8 Å². The molecular formula is C18H20N4O3S. The van der Waals surface area contributed by atoms with E-state index in [9.17, 15) is 9.59 Å². The summed E-state index contributed by atoms with van der Waals surface area (Å²) in [5, 5.41) is 4.79. The van der Waals surface area contributed by atoms with E-state index >= 15 is 0 Å². The van der Waals surface area contributed by atoms with E-state index in [0.29, 0.717) is 28.9 Å². The summed E-state index contributed by atoms with van der Waals surface area (Å²) in [7, 11) is 0. The molecule has 0 atom stereocenters. The molecule has 0 aliphatic heterocycles. The Morgan fingerprint density at radius 2 is 2.19 bits per heavy atom. The van der Waals surface area contributed by atoms with E-state index in [1.165, 1.54) is 28.6 Å². The van der Waals surface area contributed by atoms with Crippen LogP contribution >= 0.6 is 11.3 Å². The summed E-state index contributed by atoms with van der Waals surface area (Å²) in [6.45, 7) is 7.73. The Labute approximate surface area is 154 Å². The molecule has 1 N–H and O–H groups in total. The minimum atomic E-state index is -0.371. The average Bonchev–Trinajstić information content (AvgIpc) is 3.16. The van der Waals surface area contributed by atoms with Crippen LogP contribution in [0.2, 0.25) is 0 Å². The number of fused-ring (bicyclic) bond motifs is 1. The molecule has 7 nitrogen and oxygen atoms in total. The van der Waals surface area contributed by atoms with Gasteiger partial charge in [-0.2, -0.15) is 9.78 Å². The van der Waals surface area contributed by atoms with Gasteiger partial charge < -0.3 is 9.72 Å². The third kappa shape index (κ3) is 3.20. The Kier molecular flexibility index (Phi) is 5.03. The number of nitrogens with one attached hydrogen (secondary N) is 1. The maximum atomic E-state index is 12.6. The molecule has 0 aliphatic carbocycles. The highest BCUT2D eigenvalue weighted by molar-refractivity contribution is 7.18. The van der Waals surface area contributed by atoms with Crippen LogP contribution in [0, 0.1) is 13.8 Å². The maximum absolute atomic E-state index is 12.6. The Morgan fingerprint density at radius 3 is 2.88 bits per heavy atom. The first kappa shape index (κ1) is 18.1. The number of thiophene rings is 1. The summed E-state index contributed by atoms with van der Waals surface area (Å²) in [6, 6.07) is 1.87. The number of aryl methyl sites for hydroxylation is 2. The molecule has 0 saturated heterocycles.